The lowest BCUT2D eigenvalue weighted by Crippen LogP contribution is -2.26. The molecular weight excluding hydrogens is 190 g/mol. The maximum Gasteiger partial charge on any atom is 0.141 e. The van der Waals surface area contributed by atoms with Gasteiger partial charge in [-0.2, -0.15) is 0 Å². The zero-order chi connectivity index (χ0) is 10.9. The monoisotopic (exact) mass is 205 g/mol. The Labute approximate surface area is 88.7 Å². The maximum absolute atomic E-state index is 5.16. The molecule has 2 aromatic heterocycles. The van der Waals surface area contributed by atoms with Gasteiger partial charge in [0, 0.05) is 30.3 Å². The lowest BCUT2D eigenvalue weighted by molar-refractivity contribution is 0.142. The van der Waals surface area contributed by atoms with Crippen molar-refractivity contribution < 1.29 is 4.74 Å². The Kier molecular flexibility index (Phi) is 2.44. The molecule has 0 unspecified atom stereocenters. The molecule has 4 nitrogen and oxygen atoms in total. The number of rotatable bonds is 3. The van der Waals surface area contributed by atoms with Crippen LogP contribution in [0.25, 0.3) is 11.0 Å². The molecule has 0 bridgehead atoms. The fraction of sp³-hybridized carbons (Fsp3) is 0.455. The molecule has 0 amide bonds. The van der Waals surface area contributed by atoms with Crippen LogP contribution in [0.15, 0.2) is 18.5 Å². The van der Waals surface area contributed by atoms with Gasteiger partial charge in [0.2, 0.25) is 0 Å². The van der Waals surface area contributed by atoms with Crippen LogP contribution < -0.4 is 0 Å². The molecule has 2 heterocycles. The zero-order valence-electron chi connectivity index (χ0n) is 9.24. The third kappa shape index (κ3) is 1.85. The van der Waals surface area contributed by atoms with Gasteiger partial charge in [-0.1, -0.05) is 13.8 Å². The van der Waals surface area contributed by atoms with Crippen LogP contribution in [0.5, 0.6) is 0 Å². The van der Waals surface area contributed by atoms with Crippen LogP contribution in [-0.4, -0.2) is 28.7 Å². The molecule has 15 heavy (non-hydrogen) atoms. The Bertz CT molecular complexity index is 462. The molecule has 2 rings (SSSR count). The lowest BCUT2D eigenvalue weighted by atomic mass is 9.93. The number of hydrogen-bond donors (Lipinski definition) is 1. The van der Waals surface area contributed by atoms with Gasteiger partial charge in [0.15, 0.2) is 0 Å². The van der Waals surface area contributed by atoms with Crippen molar-refractivity contribution >= 4 is 11.0 Å². The van der Waals surface area contributed by atoms with E-state index in [2.05, 4.69) is 28.8 Å². The topological polar surface area (TPSA) is 50.8 Å². The van der Waals surface area contributed by atoms with Crippen molar-refractivity contribution in [3.63, 3.8) is 0 Å². The van der Waals surface area contributed by atoms with Gasteiger partial charge in [0.05, 0.1) is 6.61 Å². The zero-order valence-corrected chi connectivity index (χ0v) is 9.24. The molecule has 0 saturated carbocycles. The molecule has 1 N–H and O–H groups in total. The highest BCUT2D eigenvalue weighted by Crippen LogP contribution is 2.21. The summed E-state index contributed by atoms with van der Waals surface area (Å²) < 4.78 is 5.16. The molecule has 0 aliphatic rings. The van der Waals surface area contributed by atoms with Crippen molar-refractivity contribution in [2.45, 2.75) is 19.3 Å². The molecule has 2 aromatic rings. The van der Waals surface area contributed by atoms with Crippen molar-refractivity contribution in [2.75, 3.05) is 13.7 Å². The number of nitrogens with one attached hydrogen (secondary N) is 1. The second-order valence-electron chi connectivity index (χ2n) is 4.29. The molecule has 80 valence electrons. The quantitative estimate of drug-likeness (QED) is 0.832. The van der Waals surface area contributed by atoms with Crippen molar-refractivity contribution in [3.05, 3.63) is 24.3 Å². The number of nitrogens with zero attached hydrogens (tertiary/aromatic N) is 2. The Morgan fingerprint density at radius 3 is 3.00 bits per heavy atom. The number of aromatic nitrogens is 3. The van der Waals surface area contributed by atoms with E-state index in [9.17, 15) is 0 Å². The van der Waals surface area contributed by atoms with E-state index in [1.807, 2.05) is 18.5 Å². The van der Waals surface area contributed by atoms with Gasteiger partial charge < -0.3 is 9.72 Å². The van der Waals surface area contributed by atoms with E-state index < -0.39 is 0 Å². The summed E-state index contributed by atoms with van der Waals surface area (Å²) in [5.74, 6) is 0.805. The van der Waals surface area contributed by atoms with Gasteiger partial charge in [-0.25, -0.2) is 9.97 Å². The Balaban J connectivity index is 2.42. The summed E-state index contributed by atoms with van der Waals surface area (Å²) >= 11 is 0. The van der Waals surface area contributed by atoms with Gasteiger partial charge >= 0.3 is 0 Å². The summed E-state index contributed by atoms with van der Waals surface area (Å²) in [7, 11) is 1.69. The number of aromatic amines is 1. The molecule has 0 aliphatic carbocycles. The molecule has 0 spiro atoms. The highest BCUT2D eigenvalue weighted by Gasteiger charge is 2.24. The van der Waals surface area contributed by atoms with E-state index in [4.69, 9.17) is 4.74 Å². The third-order valence-electron chi connectivity index (χ3n) is 2.41. The van der Waals surface area contributed by atoms with Crippen molar-refractivity contribution in [1.29, 1.82) is 0 Å². The Morgan fingerprint density at radius 2 is 2.27 bits per heavy atom. The first-order chi connectivity index (χ1) is 7.13. The Morgan fingerprint density at radius 1 is 1.47 bits per heavy atom. The lowest BCUT2D eigenvalue weighted by Gasteiger charge is -2.21. The van der Waals surface area contributed by atoms with Crippen LogP contribution in [0.2, 0.25) is 0 Å². The minimum absolute atomic E-state index is 0.159. The number of fused-ring (bicyclic) bond motifs is 1. The average molecular weight is 205 g/mol. The summed E-state index contributed by atoms with van der Waals surface area (Å²) in [6, 6.07) is 1.96. The van der Waals surface area contributed by atoms with Crippen LogP contribution >= 0.6 is 0 Å². The Hall–Kier alpha value is -1.42. The van der Waals surface area contributed by atoms with Crippen LogP contribution in [0.4, 0.5) is 0 Å². The van der Waals surface area contributed by atoms with Gasteiger partial charge in [-0.3, -0.25) is 0 Å². The number of ether oxygens (including phenoxy) is 1. The van der Waals surface area contributed by atoms with Crippen LogP contribution in [0, 0.1) is 0 Å². The standard InChI is InChI=1S/C11H15N3O/c1-11(2,7-15-3)10-13-6-8-4-5-12-9(8)14-10/h4-6H,7H2,1-3H3,(H,12,13,14). The highest BCUT2D eigenvalue weighted by molar-refractivity contribution is 5.74. The highest BCUT2D eigenvalue weighted by atomic mass is 16.5. The van der Waals surface area contributed by atoms with Gasteiger partial charge in [-0.05, 0) is 6.07 Å². The minimum atomic E-state index is -0.159. The number of hydrogen-bond acceptors (Lipinski definition) is 3. The first kappa shape index (κ1) is 10.1. The molecular formula is C11H15N3O. The molecule has 0 saturated heterocycles. The summed E-state index contributed by atoms with van der Waals surface area (Å²) in [5.41, 5.74) is 0.720. The smallest absolute Gasteiger partial charge is 0.141 e. The summed E-state index contributed by atoms with van der Waals surface area (Å²) in [5, 5.41) is 1.03. The normalized spacial score (nSPS) is 12.2. The van der Waals surface area contributed by atoms with E-state index in [1.165, 1.54) is 0 Å². The first-order valence-corrected chi connectivity index (χ1v) is 4.93. The second kappa shape index (κ2) is 3.62. The summed E-state index contributed by atoms with van der Waals surface area (Å²) in [6.07, 6.45) is 3.71. The molecule has 0 aromatic carbocycles. The van der Waals surface area contributed by atoms with E-state index in [1.54, 1.807) is 7.11 Å². The average Bonchev–Trinajstić information content (AvgIpc) is 2.63. The molecule has 4 heteroatoms. The first-order valence-electron chi connectivity index (χ1n) is 4.93. The minimum Gasteiger partial charge on any atom is -0.384 e. The van der Waals surface area contributed by atoms with Crippen LogP contribution in [0.1, 0.15) is 19.7 Å². The van der Waals surface area contributed by atoms with E-state index in [0.29, 0.717) is 6.61 Å². The van der Waals surface area contributed by atoms with Crippen molar-refractivity contribution in [2.24, 2.45) is 0 Å². The predicted molar refractivity (Wildman–Crippen MR) is 58.8 cm³/mol. The predicted octanol–water partition coefficient (Wildman–Crippen LogP) is 1.88. The van der Waals surface area contributed by atoms with Gasteiger partial charge in [-0.15, -0.1) is 0 Å². The summed E-state index contributed by atoms with van der Waals surface area (Å²) in [4.78, 5) is 11.9. The fourth-order valence-electron chi connectivity index (χ4n) is 1.59. The van der Waals surface area contributed by atoms with Crippen LogP contribution in [-0.2, 0) is 10.2 Å². The molecule has 0 fully saturated rings. The molecule has 0 aliphatic heterocycles. The summed E-state index contributed by atoms with van der Waals surface area (Å²) in [6.45, 7) is 4.75. The van der Waals surface area contributed by atoms with Crippen molar-refractivity contribution in [1.82, 2.24) is 15.0 Å². The molecule has 0 radical (unpaired) electrons. The number of H-pyrrole nitrogens is 1. The second-order valence-corrected chi connectivity index (χ2v) is 4.29. The number of methoxy groups -OCH3 is 1. The third-order valence-corrected chi connectivity index (χ3v) is 2.41. The molecule has 0 atom stereocenters. The van der Waals surface area contributed by atoms with E-state index >= 15 is 0 Å². The van der Waals surface area contributed by atoms with Gasteiger partial charge in [0.25, 0.3) is 0 Å². The van der Waals surface area contributed by atoms with E-state index in [-0.39, 0.29) is 5.41 Å². The van der Waals surface area contributed by atoms with Gasteiger partial charge in [0.1, 0.15) is 11.5 Å². The maximum atomic E-state index is 5.16. The van der Waals surface area contributed by atoms with Crippen molar-refractivity contribution in [3.8, 4) is 0 Å². The largest absolute Gasteiger partial charge is 0.384 e. The van der Waals surface area contributed by atoms with E-state index in [0.717, 1.165) is 16.9 Å². The fourth-order valence-corrected chi connectivity index (χ4v) is 1.59. The SMILES string of the molecule is COCC(C)(C)c1ncc2cc[nH]c2n1. The van der Waals surface area contributed by atoms with Crippen LogP contribution in [0.3, 0.4) is 0 Å².